The molecule has 29 heavy (non-hydrogen) atoms. The van der Waals surface area contributed by atoms with Gasteiger partial charge in [0.15, 0.2) is 11.3 Å². The normalized spacial score (nSPS) is 17.4. The van der Waals surface area contributed by atoms with Gasteiger partial charge >= 0.3 is 0 Å². The van der Waals surface area contributed by atoms with Crippen molar-refractivity contribution >= 4 is 28.6 Å². The van der Waals surface area contributed by atoms with Crippen LogP contribution in [0, 0.1) is 5.92 Å². The first-order valence-corrected chi connectivity index (χ1v) is 10.7. The van der Waals surface area contributed by atoms with Crippen LogP contribution in [-0.4, -0.2) is 43.0 Å². The Morgan fingerprint density at radius 3 is 2.76 bits per heavy atom. The van der Waals surface area contributed by atoms with Crippen molar-refractivity contribution in [3.8, 4) is 0 Å². The van der Waals surface area contributed by atoms with Gasteiger partial charge in [-0.15, -0.1) is 10.2 Å². The van der Waals surface area contributed by atoms with Crippen LogP contribution in [-0.2, 0) is 12.0 Å². The Balaban J connectivity index is 1.74. The van der Waals surface area contributed by atoms with Gasteiger partial charge in [-0.2, -0.15) is 4.80 Å². The highest BCUT2D eigenvalue weighted by Gasteiger charge is 2.29. The van der Waals surface area contributed by atoms with Crippen LogP contribution in [0.3, 0.4) is 0 Å². The molecule has 0 N–H and O–H groups in total. The second kappa shape index (κ2) is 7.86. The molecule has 0 spiro atoms. The number of nitrogens with zero attached hydrogens (tertiary/aromatic N) is 7. The number of fused-ring (bicyclic) bond motifs is 1. The maximum Gasteiger partial charge on any atom is 0.207 e. The van der Waals surface area contributed by atoms with Crippen LogP contribution in [0.1, 0.15) is 58.5 Å². The smallest absolute Gasteiger partial charge is 0.207 e. The van der Waals surface area contributed by atoms with Crippen molar-refractivity contribution in [3.05, 3.63) is 34.9 Å². The third-order valence-electron chi connectivity index (χ3n) is 5.35. The Labute approximate surface area is 176 Å². The molecule has 0 bridgehead atoms. The van der Waals surface area contributed by atoms with Crippen molar-refractivity contribution in [3.63, 3.8) is 0 Å². The molecule has 1 saturated heterocycles. The summed E-state index contributed by atoms with van der Waals surface area (Å²) in [5.41, 5.74) is 1.96. The molecular formula is C21H28ClN7. The summed E-state index contributed by atoms with van der Waals surface area (Å²) in [6.07, 6.45) is 5.39. The number of aromatic nitrogens is 6. The fraction of sp³-hybridized carbons (Fsp3) is 0.571. The second-order valence-electron chi connectivity index (χ2n) is 8.84. The fourth-order valence-corrected chi connectivity index (χ4v) is 3.98. The SMILES string of the molecule is CCC[C@H]1CCN(c2nc(C(C)(C)C)nc3nn(Cc4ncccc4Cl)nc23)C1. The Bertz CT molecular complexity index is 1010. The van der Waals surface area contributed by atoms with E-state index in [2.05, 4.69) is 42.7 Å². The van der Waals surface area contributed by atoms with Gasteiger partial charge in [-0.3, -0.25) is 4.98 Å². The van der Waals surface area contributed by atoms with Crippen LogP contribution in [0.2, 0.25) is 5.02 Å². The van der Waals surface area contributed by atoms with Crippen LogP contribution < -0.4 is 4.90 Å². The largest absolute Gasteiger partial charge is 0.354 e. The van der Waals surface area contributed by atoms with E-state index in [4.69, 9.17) is 26.7 Å². The standard InChI is InChI=1S/C21H28ClN7/c1-5-7-14-9-11-28(12-14)19-17-18(24-20(25-19)21(2,3)4)27-29(26-17)13-16-15(22)8-6-10-23-16/h6,8,10,14H,5,7,9,11-13H2,1-4H3/t14-/m0/s1. The molecule has 0 aromatic carbocycles. The lowest BCUT2D eigenvalue weighted by Gasteiger charge is -2.21. The maximum atomic E-state index is 6.27. The van der Waals surface area contributed by atoms with Crippen molar-refractivity contribution < 1.29 is 0 Å². The van der Waals surface area contributed by atoms with Gasteiger partial charge in [-0.25, -0.2) is 9.97 Å². The molecule has 4 heterocycles. The molecule has 8 heteroatoms. The molecule has 0 unspecified atom stereocenters. The van der Waals surface area contributed by atoms with Gasteiger partial charge in [0.25, 0.3) is 0 Å². The number of rotatable bonds is 5. The van der Waals surface area contributed by atoms with E-state index >= 15 is 0 Å². The van der Waals surface area contributed by atoms with Gasteiger partial charge in [0, 0.05) is 24.7 Å². The Morgan fingerprint density at radius 2 is 2.03 bits per heavy atom. The summed E-state index contributed by atoms with van der Waals surface area (Å²) in [4.78, 5) is 18.0. The van der Waals surface area contributed by atoms with Gasteiger partial charge < -0.3 is 4.90 Å². The van der Waals surface area contributed by atoms with E-state index < -0.39 is 0 Å². The maximum absolute atomic E-state index is 6.27. The molecule has 1 atom stereocenters. The number of anilines is 1. The minimum absolute atomic E-state index is 0.167. The molecule has 4 rings (SSSR count). The lowest BCUT2D eigenvalue weighted by Crippen LogP contribution is -2.24. The van der Waals surface area contributed by atoms with Crippen molar-refractivity contribution in [1.82, 2.24) is 29.9 Å². The molecule has 1 fully saturated rings. The number of halogens is 1. The third-order valence-corrected chi connectivity index (χ3v) is 5.70. The van der Waals surface area contributed by atoms with E-state index in [0.29, 0.717) is 23.1 Å². The van der Waals surface area contributed by atoms with Crippen LogP contribution in [0.25, 0.3) is 11.2 Å². The molecule has 0 amide bonds. The molecule has 0 aliphatic carbocycles. The summed E-state index contributed by atoms with van der Waals surface area (Å²) in [5, 5.41) is 9.98. The summed E-state index contributed by atoms with van der Waals surface area (Å²) in [7, 11) is 0. The average molecular weight is 414 g/mol. The summed E-state index contributed by atoms with van der Waals surface area (Å²) in [5.74, 6) is 2.41. The zero-order valence-corrected chi connectivity index (χ0v) is 18.3. The lowest BCUT2D eigenvalue weighted by atomic mass is 9.96. The van der Waals surface area contributed by atoms with Crippen LogP contribution in [0.5, 0.6) is 0 Å². The van der Waals surface area contributed by atoms with Crippen molar-refractivity contribution in [2.45, 2.75) is 58.9 Å². The molecule has 1 aliphatic heterocycles. The minimum Gasteiger partial charge on any atom is -0.354 e. The van der Waals surface area contributed by atoms with Gasteiger partial charge in [0.2, 0.25) is 5.65 Å². The molecule has 7 nitrogen and oxygen atoms in total. The highest BCUT2D eigenvalue weighted by molar-refractivity contribution is 6.31. The average Bonchev–Trinajstić information content (AvgIpc) is 3.29. The highest BCUT2D eigenvalue weighted by atomic mass is 35.5. The molecular weight excluding hydrogens is 386 g/mol. The molecule has 154 valence electrons. The monoisotopic (exact) mass is 413 g/mol. The van der Waals surface area contributed by atoms with E-state index in [1.54, 1.807) is 11.0 Å². The first-order valence-electron chi connectivity index (χ1n) is 10.3. The van der Waals surface area contributed by atoms with E-state index in [9.17, 15) is 0 Å². The number of hydrogen-bond acceptors (Lipinski definition) is 6. The number of hydrogen-bond donors (Lipinski definition) is 0. The van der Waals surface area contributed by atoms with Gasteiger partial charge in [0.05, 0.1) is 10.7 Å². The third kappa shape index (κ3) is 4.20. The molecule has 3 aromatic rings. The Kier molecular flexibility index (Phi) is 5.42. The first kappa shape index (κ1) is 20.0. The van der Waals surface area contributed by atoms with Gasteiger partial charge in [-0.1, -0.05) is 45.7 Å². The summed E-state index contributed by atoms with van der Waals surface area (Å²) < 4.78 is 0. The van der Waals surface area contributed by atoms with Crippen molar-refractivity contribution in [2.24, 2.45) is 5.92 Å². The zero-order valence-electron chi connectivity index (χ0n) is 17.6. The van der Waals surface area contributed by atoms with Crippen molar-refractivity contribution in [2.75, 3.05) is 18.0 Å². The van der Waals surface area contributed by atoms with Crippen molar-refractivity contribution in [1.29, 1.82) is 0 Å². The van der Waals surface area contributed by atoms with E-state index in [0.717, 1.165) is 35.9 Å². The summed E-state index contributed by atoms with van der Waals surface area (Å²) in [6, 6.07) is 3.65. The van der Waals surface area contributed by atoms with Crippen LogP contribution >= 0.6 is 11.6 Å². The zero-order chi connectivity index (χ0) is 20.6. The highest BCUT2D eigenvalue weighted by Crippen LogP contribution is 2.31. The predicted octanol–water partition coefficient (Wildman–Crippen LogP) is 4.24. The molecule has 1 aliphatic rings. The molecule has 0 radical (unpaired) electrons. The molecule has 0 saturated carbocycles. The predicted molar refractivity (Wildman–Crippen MR) is 115 cm³/mol. The quantitative estimate of drug-likeness (QED) is 0.622. The van der Waals surface area contributed by atoms with Gasteiger partial charge in [0.1, 0.15) is 12.4 Å². The summed E-state index contributed by atoms with van der Waals surface area (Å²) in [6.45, 7) is 11.0. The lowest BCUT2D eigenvalue weighted by molar-refractivity contribution is 0.528. The van der Waals surface area contributed by atoms with E-state index in [-0.39, 0.29) is 5.41 Å². The Morgan fingerprint density at radius 1 is 1.21 bits per heavy atom. The van der Waals surface area contributed by atoms with E-state index in [1.165, 1.54) is 19.3 Å². The van der Waals surface area contributed by atoms with E-state index in [1.807, 2.05) is 12.1 Å². The first-order chi connectivity index (χ1) is 13.8. The second-order valence-corrected chi connectivity index (χ2v) is 9.25. The number of pyridine rings is 1. The van der Waals surface area contributed by atoms with Gasteiger partial charge in [-0.05, 0) is 30.9 Å². The Hall–Kier alpha value is -2.28. The topological polar surface area (TPSA) is 72.6 Å². The molecule has 3 aromatic heterocycles. The summed E-state index contributed by atoms with van der Waals surface area (Å²) >= 11 is 6.27. The fourth-order valence-electron chi connectivity index (χ4n) is 3.80. The van der Waals surface area contributed by atoms with Crippen LogP contribution in [0.15, 0.2) is 18.3 Å². The minimum atomic E-state index is -0.167. The van der Waals surface area contributed by atoms with Crippen LogP contribution in [0.4, 0.5) is 5.82 Å².